The molecule has 4 heteroatoms. The maximum Gasteiger partial charge on any atom is 0.183 e. The Kier molecular flexibility index (Phi) is 3.81. The van der Waals surface area contributed by atoms with Gasteiger partial charge in [0, 0.05) is 12.6 Å². The maximum atomic E-state index is 14.0. The molecule has 0 atom stereocenters. The van der Waals surface area contributed by atoms with Crippen LogP contribution in [0, 0.1) is 23.0 Å². The second-order valence-electron chi connectivity index (χ2n) is 4.60. The highest BCUT2D eigenvalue weighted by molar-refractivity contribution is 5.52. The van der Waals surface area contributed by atoms with Crippen molar-refractivity contribution in [2.75, 3.05) is 11.4 Å². The summed E-state index contributed by atoms with van der Waals surface area (Å²) in [7, 11) is 0. The molecule has 1 aromatic rings. The van der Waals surface area contributed by atoms with E-state index in [2.05, 4.69) is 0 Å². The summed E-state index contributed by atoms with van der Waals surface area (Å²) in [5.41, 5.74) is 0.0413. The fraction of sp³-hybridized carbons (Fsp3) is 0.500. The van der Waals surface area contributed by atoms with Gasteiger partial charge >= 0.3 is 0 Å². The van der Waals surface area contributed by atoms with Crippen LogP contribution >= 0.6 is 0 Å². The van der Waals surface area contributed by atoms with E-state index in [1.165, 1.54) is 12.1 Å². The average Bonchev–Trinajstić information content (AvgIpc) is 2.89. The molecule has 0 aromatic heterocycles. The van der Waals surface area contributed by atoms with Crippen LogP contribution in [0.4, 0.5) is 14.5 Å². The number of hydrogen-bond donors (Lipinski definition) is 0. The molecule has 1 fully saturated rings. The van der Waals surface area contributed by atoms with Crippen LogP contribution in [0.3, 0.4) is 0 Å². The molecule has 2 nitrogen and oxygen atoms in total. The summed E-state index contributed by atoms with van der Waals surface area (Å²) in [6.45, 7) is 2.58. The molecular formula is C14H16F2N2. The molecule has 1 aliphatic rings. The Hall–Kier alpha value is -1.63. The second kappa shape index (κ2) is 5.34. The van der Waals surface area contributed by atoms with E-state index in [1.807, 2.05) is 11.8 Å². The predicted molar refractivity (Wildman–Crippen MR) is 66.3 cm³/mol. The van der Waals surface area contributed by atoms with Crippen molar-refractivity contribution in [3.8, 4) is 6.07 Å². The molecule has 2 rings (SSSR count). The van der Waals surface area contributed by atoms with Gasteiger partial charge in [-0.2, -0.15) is 5.26 Å². The quantitative estimate of drug-likeness (QED) is 0.819. The first-order valence-corrected chi connectivity index (χ1v) is 6.33. The highest BCUT2D eigenvalue weighted by Crippen LogP contribution is 2.31. The van der Waals surface area contributed by atoms with Gasteiger partial charge in [-0.05, 0) is 31.9 Å². The average molecular weight is 250 g/mol. The van der Waals surface area contributed by atoms with Crippen molar-refractivity contribution in [3.63, 3.8) is 0 Å². The van der Waals surface area contributed by atoms with Gasteiger partial charge in [-0.1, -0.05) is 12.8 Å². The van der Waals surface area contributed by atoms with Gasteiger partial charge in [0.15, 0.2) is 11.6 Å². The summed E-state index contributed by atoms with van der Waals surface area (Å²) < 4.78 is 27.6. The molecule has 1 aromatic carbocycles. The zero-order valence-corrected chi connectivity index (χ0v) is 10.4. The molecule has 0 unspecified atom stereocenters. The van der Waals surface area contributed by atoms with Gasteiger partial charge in [-0.3, -0.25) is 0 Å². The van der Waals surface area contributed by atoms with E-state index in [0.29, 0.717) is 6.54 Å². The number of rotatable bonds is 3. The van der Waals surface area contributed by atoms with Gasteiger partial charge < -0.3 is 4.90 Å². The lowest BCUT2D eigenvalue weighted by molar-refractivity contribution is 0.497. The largest absolute Gasteiger partial charge is 0.366 e. The maximum absolute atomic E-state index is 14.0. The Morgan fingerprint density at radius 2 is 1.94 bits per heavy atom. The summed E-state index contributed by atoms with van der Waals surface area (Å²) in [5, 5.41) is 8.67. The Labute approximate surface area is 106 Å². The van der Waals surface area contributed by atoms with Crippen molar-refractivity contribution in [3.05, 3.63) is 29.3 Å². The van der Waals surface area contributed by atoms with Crippen LogP contribution in [0.15, 0.2) is 12.1 Å². The van der Waals surface area contributed by atoms with Crippen LogP contribution in [-0.4, -0.2) is 12.6 Å². The van der Waals surface area contributed by atoms with Crippen molar-refractivity contribution >= 4 is 5.69 Å². The molecule has 0 radical (unpaired) electrons. The number of hydrogen-bond acceptors (Lipinski definition) is 2. The first-order chi connectivity index (χ1) is 8.69. The third-order valence-electron chi connectivity index (χ3n) is 3.60. The number of anilines is 1. The number of nitrogens with zero attached hydrogens (tertiary/aromatic N) is 2. The lowest BCUT2D eigenvalue weighted by atomic mass is 10.1. The van der Waals surface area contributed by atoms with E-state index in [1.54, 1.807) is 6.07 Å². The second-order valence-corrected chi connectivity index (χ2v) is 4.60. The Balaban J connectivity index is 2.37. The molecule has 0 heterocycles. The van der Waals surface area contributed by atoms with E-state index < -0.39 is 11.6 Å². The molecule has 0 amide bonds. The minimum absolute atomic E-state index is 0.237. The summed E-state index contributed by atoms with van der Waals surface area (Å²) in [5.74, 6) is -1.94. The van der Waals surface area contributed by atoms with Gasteiger partial charge in [0.1, 0.15) is 6.07 Å². The molecule has 0 spiro atoms. The van der Waals surface area contributed by atoms with E-state index in [4.69, 9.17) is 5.26 Å². The smallest absolute Gasteiger partial charge is 0.183 e. The van der Waals surface area contributed by atoms with Crippen molar-refractivity contribution in [2.24, 2.45) is 0 Å². The van der Waals surface area contributed by atoms with Crippen molar-refractivity contribution in [1.82, 2.24) is 0 Å². The molecule has 18 heavy (non-hydrogen) atoms. The van der Waals surface area contributed by atoms with E-state index >= 15 is 0 Å². The van der Waals surface area contributed by atoms with Crippen molar-refractivity contribution in [2.45, 2.75) is 38.6 Å². The molecule has 0 aliphatic heterocycles. The van der Waals surface area contributed by atoms with Gasteiger partial charge in [0.05, 0.1) is 11.3 Å². The monoisotopic (exact) mass is 250 g/mol. The molecule has 1 saturated carbocycles. The van der Waals surface area contributed by atoms with E-state index in [0.717, 1.165) is 25.7 Å². The van der Waals surface area contributed by atoms with Crippen LogP contribution < -0.4 is 4.90 Å². The molecule has 0 saturated heterocycles. The van der Waals surface area contributed by atoms with Gasteiger partial charge in [-0.25, -0.2) is 8.78 Å². The van der Waals surface area contributed by atoms with E-state index in [-0.39, 0.29) is 17.3 Å². The molecule has 96 valence electrons. The SMILES string of the molecule is CCN(c1ccc(C#N)c(F)c1F)C1CCCC1. The molecule has 1 aliphatic carbocycles. The van der Waals surface area contributed by atoms with Crippen molar-refractivity contribution in [1.29, 1.82) is 5.26 Å². The Morgan fingerprint density at radius 3 is 2.50 bits per heavy atom. The first kappa shape index (κ1) is 12.8. The van der Waals surface area contributed by atoms with Gasteiger partial charge in [0.2, 0.25) is 0 Å². The summed E-state index contributed by atoms with van der Waals surface area (Å²) >= 11 is 0. The van der Waals surface area contributed by atoms with E-state index in [9.17, 15) is 8.78 Å². The molecule has 0 bridgehead atoms. The zero-order chi connectivity index (χ0) is 13.1. The van der Waals surface area contributed by atoms with Crippen molar-refractivity contribution < 1.29 is 8.78 Å². The third kappa shape index (κ3) is 2.17. The third-order valence-corrected chi connectivity index (χ3v) is 3.60. The fourth-order valence-corrected chi connectivity index (χ4v) is 2.69. The zero-order valence-electron chi connectivity index (χ0n) is 10.4. The topological polar surface area (TPSA) is 27.0 Å². The van der Waals surface area contributed by atoms with Gasteiger partial charge in [-0.15, -0.1) is 0 Å². The predicted octanol–water partition coefficient (Wildman–Crippen LogP) is 3.61. The van der Waals surface area contributed by atoms with Crippen LogP contribution in [0.2, 0.25) is 0 Å². The Morgan fingerprint density at radius 1 is 1.28 bits per heavy atom. The number of benzene rings is 1. The fourth-order valence-electron chi connectivity index (χ4n) is 2.69. The number of nitriles is 1. The van der Waals surface area contributed by atoms with Crippen LogP contribution in [0.25, 0.3) is 0 Å². The highest BCUT2D eigenvalue weighted by Gasteiger charge is 2.25. The number of halogens is 2. The standard InChI is InChI=1S/C14H16F2N2/c1-2-18(11-5-3-4-6-11)12-8-7-10(9-17)13(15)14(12)16/h7-8,11H,2-6H2,1H3. The highest BCUT2D eigenvalue weighted by atomic mass is 19.2. The van der Waals surface area contributed by atoms with Crippen LogP contribution in [0.1, 0.15) is 38.2 Å². The van der Waals surface area contributed by atoms with Crippen LogP contribution in [0.5, 0.6) is 0 Å². The lowest BCUT2D eigenvalue weighted by Gasteiger charge is -2.30. The summed E-state index contributed by atoms with van der Waals surface area (Å²) in [4.78, 5) is 1.91. The minimum atomic E-state index is -1.04. The Bertz CT molecular complexity index is 473. The summed E-state index contributed by atoms with van der Waals surface area (Å²) in [6.07, 6.45) is 4.33. The molecular weight excluding hydrogens is 234 g/mol. The minimum Gasteiger partial charge on any atom is -0.366 e. The lowest BCUT2D eigenvalue weighted by Crippen LogP contribution is -2.33. The first-order valence-electron chi connectivity index (χ1n) is 6.33. The normalized spacial score (nSPS) is 15.7. The van der Waals surface area contributed by atoms with Crippen LogP contribution in [-0.2, 0) is 0 Å². The summed E-state index contributed by atoms with van der Waals surface area (Å²) in [6, 6.07) is 4.81. The molecule has 0 N–H and O–H groups in total. The van der Waals surface area contributed by atoms with Gasteiger partial charge in [0.25, 0.3) is 0 Å².